The third kappa shape index (κ3) is 27.0. The number of benzene rings is 7. The van der Waals surface area contributed by atoms with Gasteiger partial charge in [-0.05, 0) is 214 Å². The summed E-state index contributed by atoms with van der Waals surface area (Å²) >= 11 is 16.5. The molecule has 0 saturated carbocycles. The smallest absolute Gasteiger partial charge is 0.332 e. The molecule has 5 fully saturated rings. The Bertz CT molecular complexity index is 5650. The zero-order chi connectivity index (χ0) is 92.2. The maximum atomic E-state index is 13.0. The summed E-state index contributed by atoms with van der Waals surface area (Å²) in [6, 6.07) is 41.2. The van der Waals surface area contributed by atoms with Crippen LogP contribution in [0.2, 0.25) is 10.0 Å². The van der Waals surface area contributed by atoms with Crippen molar-refractivity contribution in [2.75, 3.05) is 176 Å². The molecule has 5 aliphatic rings. The molecule has 0 radical (unpaired) electrons. The highest BCUT2D eigenvalue weighted by Gasteiger charge is 2.50. The van der Waals surface area contributed by atoms with E-state index < -0.39 is 36.3 Å². The number of fused-ring (bicyclic) bond motifs is 2. The number of aryl methyl sites for hydroxylation is 3. The van der Waals surface area contributed by atoms with E-state index in [0.29, 0.717) is 63.3 Å². The monoisotopic (exact) mass is 1910 g/mol. The molecule has 7 aromatic carbocycles. The third-order valence-electron chi connectivity index (χ3n) is 23.3. The van der Waals surface area contributed by atoms with Gasteiger partial charge in [0.1, 0.15) is 64.3 Å². The number of aliphatic hydroxyl groups excluding tert-OH is 1. The second-order valence-corrected chi connectivity index (χ2v) is 41.7. The highest BCUT2D eigenvalue weighted by Crippen LogP contribution is 2.44. The topological polar surface area (TPSA) is 320 Å². The van der Waals surface area contributed by atoms with Crippen LogP contribution in [0.25, 0.3) is 33.3 Å². The number of aromatic nitrogens is 6. The lowest BCUT2D eigenvalue weighted by atomic mass is 9.90. The summed E-state index contributed by atoms with van der Waals surface area (Å²) in [7, 11) is 0.366. The van der Waals surface area contributed by atoms with Gasteiger partial charge in [-0.3, -0.25) is 14.4 Å². The standard InChI is InChI=1S/C36H41ClN8O2.C31H42BrClN7O2P.C13H16N2O3.C7H8O3S.C4H10O.C2H6OP/c1-4-24-19-31(34(46-3)21-32(24)45-13-11-28(12-14-45)44-17-15-43(2)16-18-44)41-36-38-22-29(37)35(42-36)40-27-8-5-25(6-9-27)26-7-10-33-30(20-26)39-23-47-33;1-6-21-17-26(28(42-3)19-27(21)40-11-9-23(10-12-40)39-15-13-38(2)14-16-39)36-31-34-20-24(33)30(37-31)35-25-8-7-22(32)18-29(25)43(4,5)41;1-12(2)13(3,4)18-15(17-12)9-5-6-11-10(7-9)14-8-16-11;1-6-2-4-7(5-3-6)11(8,9)10;1-2-3-4-5;1-4(2)3/h5-10,19-23,28H,4,11-18H2,1-3H3,(H2,38,40,41,42);7-8,17-20,23H,6,9-16H2,1-5H3,(H2,34,35,36,37);5-8H,1-4H3;2-5H,1H3,(H,8,9,10);5H,2-4H2,1H3;1-2H3/q;;;;;+1. The molecule has 0 spiro atoms. The Kier molecular flexibility index (Phi) is 35.4. The first-order chi connectivity index (χ1) is 61.1. The van der Waals surface area contributed by atoms with E-state index in [2.05, 4.69) is 151 Å². The molecule has 9 heterocycles. The molecule has 29 nitrogen and oxygen atoms in total. The second kappa shape index (κ2) is 45.6. The molecule has 6 N–H and O–H groups in total. The van der Waals surface area contributed by atoms with Crippen LogP contribution in [0.4, 0.5) is 63.3 Å². The minimum Gasteiger partial charge on any atom is -0.494 e. The Hall–Kier alpha value is -9.14. The number of halogens is 3. The minimum absolute atomic E-state index is 0.0666. The van der Waals surface area contributed by atoms with Crippen LogP contribution < -0.4 is 51.1 Å². The highest BCUT2D eigenvalue weighted by molar-refractivity contribution is 9.10. The summed E-state index contributed by atoms with van der Waals surface area (Å²) in [4.78, 5) is 53.5. The van der Waals surface area contributed by atoms with Gasteiger partial charge in [0.15, 0.2) is 35.6 Å². The fourth-order valence-electron chi connectivity index (χ4n) is 15.2. The Labute approximate surface area is 772 Å². The molecular weight excluding hydrogens is 1790 g/mol. The maximum Gasteiger partial charge on any atom is 0.332 e. The van der Waals surface area contributed by atoms with E-state index in [1.165, 1.54) is 105 Å². The Morgan fingerprint density at radius 1 is 0.578 bits per heavy atom. The summed E-state index contributed by atoms with van der Waals surface area (Å²) in [5.41, 5.74) is 14.4. The van der Waals surface area contributed by atoms with Crippen LogP contribution in [0.3, 0.4) is 0 Å². The molecule has 0 aliphatic carbocycles. The normalized spacial score (nSPS) is 16.4. The van der Waals surface area contributed by atoms with Gasteiger partial charge in [0.05, 0.1) is 54.3 Å². The van der Waals surface area contributed by atoms with E-state index in [1.54, 1.807) is 65.4 Å². The number of oxazole rings is 2. The van der Waals surface area contributed by atoms with Gasteiger partial charge in [-0.2, -0.15) is 18.4 Å². The average Bonchev–Trinajstić information content (AvgIpc) is 1.61. The van der Waals surface area contributed by atoms with Gasteiger partial charge >= 0.3 is 7.80 Å². The molecule has 688 valence electrons. The van der Waals surface area contributed by atoms with Crippen molar-refractivity contribution in [1.29, 1.82) is 0 Å². The molecule has 4 aromatic heterocycles. The van der Waals surface area contributed by atoms with E-state index in [9.17, 15) is 17.5 Å². The number of anilines is 11. The molecule has 0 atom stereocenters. The maximum absolute atomic E-state index is 13.0. The van der Waals surface area contributed by atoms with Gasteiger partial charge in [-0.15, -0.1) is 5.23 Å². The average molecular weight is 1920 g/mol. The first kappa shape index (κ1) is 99.4. The first-order valence-corrected chi connectivity index (χ1v) is 51.0. The first-order valence-electron chi connectivity index (χ1n) is 43.3. The quantitative estimate of drug-likeness (QED) is 0.0271. The Morgan fingerprint density at radius 3 is 1.46 bits per heavy atom. The number of piperazine rings is 2. The Balaban J connectivity index is 0.000000177. The zero-order valence-corrected chi connectivity index (χ0v) is 81.9. The lowest BCUT2D eigenvalue weighted by Gasteiger charge is -2.43. The summed E-state index contributed by atoms with van der Waals surface area (Å²) in [6.07, 6.45) is 14.6. The van der Waals surface area contributed by atoms with E-state index in [4.69, 9.17) is 65.8 Å². The van der Waals surface area contributed by atoms with Gasteiger partial charge in [-0.25, -0.2) is 29.6 Å². The third-order valence-corrected chi connectivity index (χ3v) is 26.7. The van der Waals surface area contributed by atoms with Gasteiger partial charge < -0.3 is 68.8 Å². The van der Waals surface area contributed by atoms with Crippen molar-refractivity contribution >= 4 is 155 Å². The Morgan fingerprint density at radius 2 is 1.03 bits per heavy atom. The number of nitrogens with zero attached hydrogens (tertiary/aromatic N) is 13. The molecule has 16 rings (SSSR count). The van der Waals surface area contributed by atoms with Crippen molar-refractivity contribution in [1.82, 2.24) is 49.5 Å². The largest absolute Gasteiger partial charge is 0.494 e. The van der Waals surface area contributed by atoms with Crippen molar-refractivity contribution in [3.05, 3.63) is 184 Å². The predicted octanol–water partition coefficient (Wildman–Crippen LogP) is 19.8. The second-order valence-electron chi connectivity index (χ2n) is 33.7. The fourth-order valence-corrected chi connectivity index (χ4v) is 17.7. The van der Waals surface area contributed by atoms with Crippen LogP contribution in [0.1, 0.15) is 104 Å². The molecule has 128 heavy (non-hydrogen) atoms. The number of piperidine rings is 2. The van der Waals surface area contributed by atoms with E-state index >= 15 is 0 Å². The molecule has 0 bridgehead atoms. The highest BCUT2D eigenvalue weighted by atomic mass is 79.9. The molecule has 11 aromatic rings. The van der Waals surface area contributed by atoms with Crippen LogP contribution in [0.15, 0.2) is 171 Å². The van der Waals surface area contributed by atoms with Crippen LogP contribution in [-0.2, 0) is 41.8 Å². The fraction of sp³-hybridized carbons (Fsp3) is 0.441. The number of nitrogens with one attached hydrogen (secondary N) is 4. The van der Waals surface area contributed by atoms with Gasteiger partial charge in [0.25, 0.3) is 10.1 Å². The summed E-state index contributed by atoms with van der Waals surface area (Å²) in [5.74, 6) is 3.22. The van der Waals surface area contributed by atoms with Crippen LogP contribution in [0.5, 0.6) is 11.5 Å². The number of unbranched alkanes of at least 4 members (excludes halogenated alkanes) is 1. The summed E-state index contributed by atoms with van der Waals surface area (Å²) in [6.45, 7) is 37.0. The lowest BCUT2D eigenvalue weighted by molar-refractivity contribution is -0.0272. The number of rotatable bonds is 22. The van der Waals surface area contributed by atoms with Gasteiger partial charge in [0.2, 0.25) is 11.9 Å². The molecule has 5 aliphatic heterocycles. The summed E-state index contributed by atoms with van der Waals surface area (Å²) in [5, 5.41) is 24.4. The van der Waals surface area contributed by atoms with Crippen molar-refractivity contribution in [2.45, 2.75) is 135 Å². The van der Waals surface area contributed by atoms with Crippen LogP contribution >= 0.6 is 54.1 Å². The lowest BCUT2D eigenvalue weighted by Crippen LogP contribution is -2.52. The van der Waals surface area contributed by atoms with Gasteiger partial charge in [-0.1, -0.05) is 107 Å². The van der Waals surface area contributed by atoms with Crippen LogP contribution in [-0.4, -0.2) is 231 Å². The van der Waals surface area contributed by atoms with Crippen molar-refractivity contribution < 1.29 is 55.2 Å². The number of methoxy groups -OCH3 is 2. The number of likely N-dealkylation sites (N-methyl/N-ethyl adjacent to an activating group) is 2. The van der Waals surface area contributed by atoms with Crippen molar-refractivity contribution in [2.24, 2.45) is 0 Å². The van der Waals surface area contributed by atoms with Crippen LogP contribution in [0, 0.1) is 6.92 Å². The number of hydrogen-bond donors (Lipinski definition) is 6. The van der Waals surface area contributed by atoms with Gasteiger partial charge in [0, 0.05) is 136 Å². The molecule has 0 unspecified atom stereocenters. The molecule has 0 amide bonds. The number of ether oxygens (including phenoxy) is 2. The molecule has 35 heteroatoms. The number of hydrogen-bond acceptors (Lipinski definition) is 28. The SMILES string of the molecule is CC1(C)ON(c2ccc3ocnc3c2)OC1(C)C.CCCCO.CCc1cc(Nc2ncc(Cl)c(Nc3ccc(-c4ccc5ocnc5c4)cc3)n2)c(OC)cc1N1CCC(N2CCN(C)CC2)CC1.CCc1cc(Nc2ncc(Cl)c(Nc3ccc(Br)cc3P(C)(C)=O)n2)c(OC)cc1N1CCC(N2CCN(C)CC2)CC1.C[P+](C)=O.Cc1ccc(S(=O)(=O)O)cc1. The van der Waals surface area contributed by atoms with E-state index in [0.717, 1.165) is 156 Å². The zero-order valence-electron chi connectivity index (χ0n) is 76.2. The summed E-state index contributed by atoms with van der Waals surface area (Å²) < 4.78 is 75.3. The predicted molar refractivity (Wildman–Crippen MR) is 523 cm³/mol. The molecule has 5 saturated heterocycles. The number of aliphatic hydroxyl groups is 1. The minimum atomic E-state index is -4.02. The van der Waals surface area contributed by atoms with E-state index in [-0.39, 0.29) is 4.90 Å². The van der Waals surface area contributed by atoms with E-state index in [1.807, 2.05) is 113 Å². The molecular formula is C93H123BrCl2N17O12P2S+. The van der Waals surface area contributed by atoms with Crippen molar-refractivity contribution in [3.8, 4) is 22.6 Å². The van der Waals surface area contributed by atoms with Crippen molar-refractivity contribution in [3.63, 3.8) is 0 Å².